The van der Waals surface area contributed by atoms with E-state index in [-0.39, 0.29) is 5.75 Å². The third-order valence-corrected chi connectivity index (χ3v) is 2.88. The maximum Gasteiger partial charge on any atom is 0.322 e. The zero-order valence-electron chi connectivity index (χ0n) is 11.9. The average molecular weight is 336 g/mol. The van der Waals surface area contributed by atoms with E-state index in [1.165, 1.54) is 6.92 Å². The number of hydrogen-bond donors (Lipinski definition) is 7. The van der Waals surface area contributed by atoms with Crippen LogP contribution in [0.5, 0.6) is 0 Å². The lowest BCUT2D eigenvalue weighted by molar-refractivity contribution is -0.138. The summed E-state index contributed by atoms with van der Waals surface area (Å²) in [6.45, 7) is 0.204. The van der Waals surface area contributed by atoms with Crippen LogP contribution >= 0.6 is 12.6 Å². The molecule has 0 heterocycles. The Morgan fingerprint density at radius 1 is 1.14 bits per heavy atom. The number of thiol groups is 1. The molecule has 7 N–H and O–H groups in total. The zero-order chi connectivity index (χ0) is 17.3. The molecule has 22 heavy (non-hydrogen) atoms. The SMILES string of the molecule is CC(NC(=O)C(N)CO)C(=O)NC(CS)C(=O)NCC(=O)O. The first-order chi connectivity index (χ1) is 10.2. The van der Waals surface area contributed by atoms with Crippen molar-refractivity contribution in [3.05, 3.63) is 0 Å². The second-order valence-corrected chi connectivity index (χ2v) is 4.74. The molecule has 0 aliphatic carbocycles. The van der Waals surface area contributed by atoms with Crippen LogP contribution in [0.1, 0.15) is 6.92 Å². The van der Waals surface area contributed by atoms with Crippen molar-refractivity contribution in [2.75, 3.05) is 18.9 Å². The Labute approximate surface area is 132 Å². The monoisotopic (exact) mass is 336 g/mol. The zero-order valence-corrected chi connectivity index (χ0v) is 12.8. The molecule has 0 saturated carbocycles. The van der Waals surface area contributed by atoms with Gasteiger partial charge >= 0.3 is 5.97 Å². The standard InChI is InChI=1S/C11H20N4O6S/c1-5(14-10(20)6(12)3-16)9(19)15-7(4-22)11(21)13-2-8(17)18/h5-7,16,22H,2-4,12H2,1H3,(H,13,21)(H,14,20)(H,15,19)(H,17,18). The lowest BCUT2D eigenvalue weighted by atomic mass is 10.2. The third kappa shape index (κ3) is 7.24. The normalized spacial score (nSPS) is 14.4. The van der Waals surface area contributed by atoms with Crippen molar-refractivity contribution in [3.8, 4) is 0 Å². The van der Waals surface area contributed by atoms with E-state index in [1.54, 1.807) is 0 Å². The van der Waals surface area contributed by atoms with E-state index >= 15 is 0 Å². The molecule has 126 valence electrons. The average Bonchev–Trinajstić information content (AvgIpc) is 2.48. The molecule has 3 unspecified atom stereocenters. The molecule has 0 fully saturated rings. The molecular formula is C11H20N4O6S. The van der Waals surface area contributed by atoms with Crippen molar-refractivity contribution in [2.24, 2.45) is 5.73 Å². The van der Waals surface area contributed by atoms with Crippen molar-refractivity contribution in [3.63, 3.8) is 0 Å². The first-order valence-corrected chi connectivity index (χ1v) is 6.93. The molecule has 0 saturated heterocycles. The molecule has 0 aliphatic rings. The Kier molecular flexibility index (Phi) is 9.13. The summed E-state index contributed by atoms with van der Waals surface area (Å²) in [6, 6.07) is -3.21. The summed E-state index contributed by atoms with van der Waals surface area (Å²) in [6.07, 6.45) is 0. The quantitative estimate of drug-likeness (QED) is 0.213. The Balaban J connectivity index is 4.49. The Morgan fingerprint density at radius 2 is 1.73 bits per heavy atom. The summed E-state index contributed by atoms with van der Waals surface area (Å²) in [5.41, 5.74) is 5.28. The number of carbonyl (C=O) groups is 4. The number of amides is 3. The van der Waals surface area contributed by atoms with Gasteiger partial charge in [0.15, 0.2) is 0 Å². The number of carboxylic acid groups (broad SMARTS) is 1. The van der Waals surface area contributed by atoms with Crippen molar-refractivity contribution in [1.29, 1.82) is 0 Å². The molecular weight excluding hydrogens is 316 g/mol. The summed E-state index contributed by atoms with van der Waals surface area (Å²) < 4.78 is 0. The second kappa shape index (κ2) is 9.97. The fraction of sp³-hybridized carbons (Fsp3) is 0.636. The number of nitrogens with two attached hydrogens (primary N) is 1. The largest absolute Gasteiger partial charge is 0.480 e. The van der Waals surface area contributed by atoms with E-state index < -0.39 is 55.0 Å². The molecule has 0 radical (unpaired) electrons. The second-order valence-electron chi connectivity index (χ2n) is 4.37. The summed E-state index contributed by atoms with van der Waals surface area (Å²) in [4.78, 5) is 45.3. The lowest BCUT2D eigenvalue weighted by Crippen LogP contribution is -2.56. The smallest absolute Gasteiger partial charge is 0.322 e. The van der Waals surface area contributed by atoms with E-state index in [1.807, 2.05) is 0 Å². The number of carbonyl (C=O) groups excluding carboxylic acids is 3. The molecule has 10 nitrogen and oxygen atoms in total. The summed E-state index contributed by atoms with van der Waals surface area (Å²) in [5, 5.41) is 23.9. The molecule has 3 amide bonds. The summed E-state index contributed by atoms with van der Waals surface area (Å²) in [5.74, 6) is -3.40. The van der Waals surface area contributed by atoms with E-state index in [9.17, 15) is 19.2 Å². The maximum atomic E-state index is 11.8. The van der Waals surface area contributed by atoms with Crippen LogP contribution in [0.25, 0.3) is 0 Å². The Morgan fingerprint density at radius 3 is 2.18 bits per heavy atom. The Bertz CT molecular complexity index is 433. The van der Waals surface area contributed by atoms with Gasteiger partial charge in [0.2, 0.25) is 17.7 Å². The van der Waals surface area contributed by atoms with Crippen LogP contribution in [0.2, 0.25) is 0 Å². The molecule has 0 spiro atoms. The molecule has 0 bridgehead atoms. The van der Waals surface area contributed by atoms with E-state index in [0.717, 1.165) is 0 Å². The van der Waals surface area contributed by atoms with Crippen molar-refractivity contribution in [2.45, 2.75) is 25.0 Å². The van der Waals surface area contributed by atoms with Crippen molar-refractivity contribution in [1.82, 2.24) is 16.0 Å². The van der Waals surface area contributed by atoms with Crippen LogP contribution in [-0.4, -0.2) is 70.9 Å². The predicted molar refractivity (Wildman–Crippen MR) is 79.1 cm³/mol. The lowest BCUT2D eigenvalue weighted by Gasteiger charge is -2.20. The van der Waals surface area contributed by atoms with Gasteiger partial charge < -0.3 is 31.9 Å². The van der Waals surface area contributed by atoms with Crippen LogP contribution in [0.15, 0.2) is 0 Å². The number of rotatable bonds is 9. The summed E-state index contributed by atoms with van der Waals surface area (Å²) in [7, 11) is 0. The molecule has 0 aliphatic heterocycles. The van der Waals surface area contributed by atoms with E-state index in [0.29, 0.717) is 0 Å². The molecule has 0 aromatic rings. The minimum Gasteiger partial charge on any atom is -0.480 e. The van der Waals surface area contributed by atoms with Gasteiger partial charge in [-0.3, -0.25) is 19.2 Å². The minimum atomic E-state index is -1.23. The van der Waals surface area contributed by atoms with Crippen LogP contribution in [0.4, 0.5) is 0 Å². The van der Waals surface area contributed by atoms with Gasteiger partial charge in [-0.15, -0.1) is 0 Å². The fourth-order valence-electron chi connectivity index (χ4n) is 1.25. The minimum absolute atomic E-state index is 0.0615. The summed E-state index contributed by atoms with van der Waals surface area (Å²) >= 11 is 3.90. The van der Waals surface area contributed by atoms with E-state index in [2.05, 4.69) is 28.6 Å². The van der Waals surface area contributed by atoms with Gasteiger partial charge in [-0.05, 0) is 6.92 Å². The van der Waals surface area contributed by atoms with Gasteiger partial charge in [0.25, 0.3) is 0 Å². The number of aliphatic hydroxyl groups excluding tert-OH is 1. The van der Waals surface area contributed by atoms with Gasteiger partial charge in [0.05, 0.1) is 6.61 Å². The number of aliphatic carboxylic acids is 1. The van der Waals surface area contributed by atoms with Crippen LogP contribution in [-0.2, 0) is 19.2 Å². The van der Waals surface area contributed by atoms with Crippen molar-refractivity contribution < 1.29 is 29.4 Å². The highest BCUT2D eigenvalue weighted by Gasteiger charge is 2.24. The number of nitrogens with one attached hydrogen (secondary N) is 3. The third-order valence-electron chi connectivity index (χ3n) is 2.51. The van der Waals surface area contributed by atoms with E-state index in [4.69, 9.17) is 15.9 Å². The number of hydrogen-bond acceptors (Lipinski definition) is 7. The highest BCUT2D eigenvalue weighted by Crippen LogP contribution is 1.92. The first-order valence-electron chi connectivity index (χ1n) is 6.30. The highest BCUT2D eigenvalue weighted by atomic mass is 32.1. The van der Waals surface area contributed by atoms with Gasteiger partial charge in [-0.25, -0.2) is 0 Å². The fourth-order valence-corrected chi connectivity index (χ4v) is 1.50. The first kappa shape index (κ1) is 20.1. The van der Waals surface area contributed by atoms with Crippen molar-refractivity contribution >= 4 is 36.3 Å². The highest BCUT2D eigenvalue weighted by molar-refractivity contribution is 7.80. The molecule has 0 aromatic heterocycles. The molecule has 11 heteroatoms. The number of aliphatic hydroxyl groups is 1. The van der Waals surface area contributed by atoms with Gasteiger partial charge in [0.1, 0.15) is 24.7 Å². The van der Waals surface area contributed by atoms with Crippen LogP contribution < -0.4 is 21.7 Å². The maximum absolute atomic E-state index is 11.8. The van der Waals surface area contributed by atoms with Gasteiger partial charge in [-0.2, -0.15) is 12.6 Å². The van der Waals surface area contributed by atoms with Crippen LogP contribution in [0, 0.1) is 0 Å². The molecule has 0 rings (SSSR count). The predicted octanol–water partition coefficient (Wildman–Crippen LogP) is -3.57. The molecule has 3 atom stereocenters. The van der Waals surface area contributed by atoms with Crippen LogP contribution in [0.3, 0.4) is 0 Å². The molecule has 0 aromatic carbocycles. The number of carboxylic acids is 1. The van der Waals surface area contributed by atoms with Gasteiger partial charge in [-0.1, -0.05) is 0 Å². The van der Waals surface area contributed by atoms with Gasteiger partial charge in [0, 0.05) is 5.75 Å². The Hall–Kier alpha value is -1.85. The topological polar surface area (TPSA) is 171 Å².